The van der Waals surface area contributed by atoms with E-state index in [0.717, 1.165) is 21.9 Å². The van der Waals surface area contributed by atoms with E-state index < -0.39 is 0 Å². The van der Waals surface area contributed by atoms with Gasteiger partial charge in [-0.2, -0.15) is 5.10 Å². The highest BCUT2D eigenvalue weighted by Crippen LogP contribution is 2.10. The standard InChI is InChI=1S/C16H17N3O3S/c1-12(15-4-3-9-23-15)18-19-16(20)11-22-17-10-13-5-7-14(21-2)8-6-13/h3-10H,11H2,1-2H3,(H,19,20)/b17-10+,18-12+. The van der Waals surface area contributed by atoms with Crippen molar-refractivity contribution in [1.29, 1.82) is 0 Å². The van der Waals surface area contributed by atoms with Gasteiger partial charge < -0.3 is 9.57 Å². The number of rotatable bonds is 7. The fourth-order valence-corrected chi connectivity index (χ4v) is 2.28. The Morgan fingerprint density at radius 3 is 2.74 bits per heavy atom. The number of carbonyl (C=O) groups excluding carboxylic acids is 1. The zero-order valence-electron chi connectivity index (χ0n) is 12.9. The van der Waals surface area contributed by atoms with E-state index in [1.807, 2.05) is 48.7 Å². The predicted molar refractivity (Wildman–Crippen MR) is 91.2 cm³/mol. The molecule has 7 heteroatoms. The molecule has 2 aromatic rings. The molecule has 1 heterocycles. The number of nitrogens with zero attached hydrogens (tertiary/aromatic N) is 2. The molecule has 0 unspecified atom stereocenters. The van der Waals surface area contributed by atoms with Crippen molar-refractivity contribution in [2.75, 3.05) is 13.7 Å². The molecule has 0 aliphatic carbocycles. The Morgan fingerprint density at radius 1 is 1.30 bits per heavy atom. The Morgan fingerprint density at radius 2 is 2.09 bits per heavy atom. The summed E-state index contributed by atoms with van der Waals surface area (Å²) in [4.78, 5) is 17.5. The van der Waals surface area contributed by atoms with Crippen molar-refractivity contribution < 1.29 is 14.4 Å². The van der Waals surface area contributed by atoms with Crippen LogP contribution in [-0.2, 0) is 9.63 Å². The molecule has 23 heavy (non-hydrogen) atoms. The van der Waals surface area contributed by atoms with Gasteiger partial charge in [0, 0.05) is 4.88 Å². The molecule has 0 bridgehead atoms. The summed E-state index contributed by atoms with van der Waals surface area (Å²) in [5.41, 5.74) is 4.02. The van der Waals surface area contributed by atoms with Gasteiger partial charge in [-0.05, 0) is 48.2 Å². The molecule has 1 N–H and O–H groups in total. The summed E-state index contributed by atoms with van der Waals surface area (Å²) in [6, 6.07) is 11.2. The van der Waals surface area contributed by atoms with E-state index in [4.69, 9.17) is 9.57 Å². The third-order valence-corrected chi connectivity index (χ3v) is 3.79. The Hall–Kier alpha value is -2.67. The molecule has 1 amide bonds. The summed E-state index contributed by atoms with van der Waals surface area (Å²) in [7, 11) is 1.60. The molecule has 2 rings (SSSR count). The van der Waals surface area contributed by atoms with Crippen molar-refractivity contribution in [3.8, 4) is 5.75 Å². The average molecular weight is 331 g/mol. The van der Waals surface area contributed by atoms with Crippen LogP contribution in [0.2, 0.25) is 0 Å². The van der Waals surface area contributed by atoms with Gasteiger partial charge in [-0.1, -0.05) is 11.2 Å². The van der Waals surface area contributed by atoms with Crippen LogP contribution in [0.4, 0.5) is 0 Å². The maximum atomic E-state index is 11.6. The fourth-order valence-electron chi connectivity index (χ4n) is 1.60. The molecule has 0 radical (unpaired) electrons. The summed E-state index contributed by atoms with van der Waals surface area (Å²) in [5.74, 6) is 0.397. The third kappa shape index (κ3) is 5.55. The minimum Gasteiger partial charge on any atom is -0.497 e. The Labute approximate surface area is 138 Å². The molecule has 0 spiro atoms. The third-order valence-electron chi connectivity index (χ3n) is 2.81. The van der Waals surface area contributed by atoms with Crippen molar-refractivity contribution in [2.24, 2.45) is 10.3 Å². The number of carbonyl (C=O) groups is 1. The first-order valence-electron chi connectivity index (χ1n) is 6.85. The van der Waals surface area contributed by atoms with E-state index in [-0.39, 0.29) is 12.5 Å². The normalized spacial score (nSPS) is 11.5. The van der Waals surface area contributed by atoms with Gasteiger partial charge in [0.05, 0.1) is 19.0 Å². The molecule has 0 fully saturated rings. The van der Waals surface area contributed by atoms with Crippen molar-refractivity contribution in [2.45, 2.75) is 6.92 Å². The number of ether oxygens (including phenoxy) is 1. The Balaban J connectivity index is 1.73. The highest BCUT2D eigenvalue weighted by Gasteiger charge is 2.02. The van der Waals surface area contributed by atoms with Gasteiger partial charge in [-0.25, -0.2) is 5.43 Å². The second-order valence-corrected chi connectivity index (χ2v) is 5.44. The van der Waals surface area contributed by atoms with Crippen LogP contribution in [-0.4, -0.2) is 31.6 Å². The van der Waals surface area contributed by atoms with E-state index in [9.17, 15) is 4.79 Å². The van der Waals surface area contributed by atoms with E-state index in [1.165, 1.54) is 6.21 Å². The van der Waals surface area contributed by atoms with Crippen molar-refractivity contribution >= 4 is 29.2 Å². The zero-order chi connectivity index (χ0) is 16.5. The SMILES string of the molecule is COc1ccc(/C=N/OCC(=O)N/N=C(\C)c2cccs2)cc1. The van der Waals surface area contributed by atoms with Crippen LogP contribution < -0.4 is 10.2 Å². The van der Waals surface area contributed by atoms with E-state index in [0.29, 0.717) is 0 Å². The molecule has 1 aromatic carbocycles. The number of thiophene rings is 1. The summed E-state index contributed by atoms with van der Waals surface area (Å²) in [6.07, 6.45) is 1.52. The van der Waals surface area contributed by atoms with Crippen LogP contribution in [0.15, 0.2) is 52.0 Å². The second-order valence-electron chi connectivity index (χ2n) is 4.49. The first kappa shape index (κ1) is 16.7. The minimum atomic E-state index is -0.368. The smallest absolute Gasteiger partial charge is 0.280 e. The summed E-state index contributed by atoms with van der Waals surface area (Å²) in [6.45, 7) is 1.63. The first-order valence-corrected chi connectivity index (χ1v) is 7.73. The lowest BCUT2D eigenvalue weighted by atomic mass is 10.2. The van der Waals surface area contributed by atoms with Crippen molar-refractivity contribution in [3.63, 3.8) is 0 Å². The largest absolute Gasteiger partial charge is 0.497 e. The number of hydrogen-bond donors (Lipinski definition) is 1. The summed E-state index contributed by atoms with van der Waals surface area (Å²) in [5, 5.41) is 9.70. The number of benzene rings is 1. The number of amides is 1. The maximum Gasteiger partial charge on any atom is 0.280 e. The van der Waals surface area contributed by atoms with Crippen molar-refractivity contribution in [3.05, 3.63) is 52.2 Å². The van der Waals surface area contributed by atoms with Gasteiger partial charge in [-0.3, -0.25) is 4.79 Å². The first-order chi connectivity index (χ1) is 11.2. The summed E-state index contributed by atoms with van der Waals surface area (Å²) < 4.78 is 5.06. The molecule has 0 atom stereocenters. The molecule has 120 valence electrons. The molecule has 0 aliphatic heterocycles. The molecule has 0 saturated carbocycles. The molecule has 0 saturated heterocycles. The van der Waals surface area contributed by atoms with Gasteiger partial charge in [-0.15, -0.1) is 11.3 Å². The number of oxime groups is 1. The van der Waals surface area contributed by atoms with Gasteiger partial charge in [0.2, 0.25) is 0 Å². The fraction of sp³-hybridized carbons (Fsp3) is 0.188. The number of methoxy groups -OCH3 is 1. The van der Waals surface area contributed by atoms with Crippen LogP contribution in [0, 0.1) is 0 Å². The molecule has 1 aromatic heterocycles. The molecule has 0 aliphatic rings. The summed E-state index contributed by atoms with van der Waals surface area (Å²) >= 11 is 1.56. The van der Waals surface area contributed by atoms with Crippen molar-refractivity contribution in [1.82, 2.24) is 5.43 Å². The number of hydrazone groups is 1. The van der Waals surface area contributed by atoms with E-state index in [2.05, 4.69) is 15.7 Å². The predicted octanol–water partition coefficient (Wildman–Crippen LogP) is 2.65. The van der Waals surface area contributed by atoms with Crippen LogP contribution in [0.25, 0.3) is 0 Å². The lowest BCUT2D eigenvalue weighted by Crippen LogP contribution is -2.23. The Bertz CT molecular complexity index is 679. The average Bonchev–Trinajstić information content (AvgIpc) is 3.12. The topological polar surface area (TPSA) is 72.3 Å². The molecular formula is C16H17N3O3S. The van der Waals surface area contributed by atoms with E-state index in [1.54, 1.807) is 18.4 Å². The molecule has 6 nitrogen and oxygen atoms in total. The van der Waals surface area contributed by atoms with Crippen LogP contribution in [0.1, 0.15) is 17.4 Å². The van der Waals surface area contributed by atoms with Gasteiger partial charge in [0.1, 0.15) is 5.75 Å². The zero-order valence-corrected chi connectivity index (χ0v) is 13.7. The Kier molecular flexibility index (Phi) is 6.31. The highest BCUT2D eigenvalue weighted by atomic mass is 32.1. The van der Waals surface area contributed by atoms with Gasteiger partial charge in [0.15, 0.2) is 6.61 Å². The van der Waals surface area contributed by atoms with Gasteiger partial charge in [0.25, 0.3) is 5.91 Å². The lowest BCUT2D eigenvalue weighted by molar-refractivity contribution is -0.125. The highest BCUT2D eigenvalue weighted by molar-refractivity contribution is 7.12. The monoisotopic (exact) mass is 331 g/mol. The number of nitrogens with one attached hydrogen (secondary N) is 1. The lowest BCUT2D eigenvalue weighted by Gasteiger charge is -2.01. The van der Waals surface area contributed by atoms with E-state index >= 15 is 0 Å². The second kappa shape index (κ2) is 8.70. The van der Waals surface area contributed by atoms with Crippen LogP contribution in [0.3, 0.4) is 0 Å². The molecular weight excluding hydrogens is 314 g/mol. The van der Waals surface area contributed by atoms with Crippen LogP contribution >= 0.6 is 11.3 Å². The quantitative estimate of drug-likeness (QED) is 0.626. The van der Waals surface area contributed by atoms with Crippen LogP contribution in [0.5, 0.6) is 5.75 Å². The number of hydrogen-bond acceptors (Lipinski definition) is 6. The minimum absolute atomic E-state index is 0.201. The maximum absolute atomic E-state index is 11.6. The van der Waals surface area contributed by atoms with Gasteiger partial charge >= 0.3 is 0 Å².